The highest BCUT2D eigenvalue weighted by molar-refractivity contribution is 9.10. The van der Waals surface area contributed by atoms with Gasteiger partial charge in [0.25, 0.3) is 5.56 Å². The minimum Gasteiger partial charge on any atom is -0.267 e. The molecule has 0 unspecified atom stereocenters. The van der Waals surface area contributed by atoms with Gasteiger partial charge in [0.2, 0.25) is 11.2 Å². The largest absolute Gasteiger partial charge is 0.374 e. The van der Waals surface area contributed by atoms with Crippen LogP contribution in [0.3, 0.4) is 0 Å². The maximum Gasteiger partial charge on any atom is 0.374 e. The van der Waals surface area contributed by atoms with Crippen LogP contribution in [0.4, 0.5) is 0 Å². The van der Waals surface area contributed by atoms with E-state index in [1.807, 2.05) is 53.9 Å². The summed E-state index contributed by atoms with van der Waals surface area (Å²) < 4.78 is 7.47. The number of nitrogens with zero attached hydrogens (tertiary/aromatic N) is 4. The lowest BCUT2D eigenvalue weighted by molar-refractivity contribution is -0.479. The van der Waals surface area contributed by atoms with Crippen molar-refractivity contribution in [2.75, 3.05) is 0 Å². The van der Waals surface area contributed by atoms with Crippen LogP contribution in [0.2, 0.25) is 0 Å². The Morgan fingerprint density at radius 3 is 2.27 bits per heavy atom. The van der Waals surface area contributed by atoms with Crippen LogP contribution < -0.4 is 15.6 Å². The zero-order valence-electron chi connectivity index (χ0n) is 16.7. The topological polar surface area (TPSA) is 68.8 Å². The number of hydrogen-bond acceptors (Lipinski definition) is 2. The molecule has 2 aromatic carbocycles. The third kappa shape index (κ3) is 2.60. The normalized spacial score (nSPS) is 11.6. The average Bonchev–Trinajstić information content (AvgIpc) is 3.28. The molecular weight excluding hydrogens is 446 g/mol. The van der Waals surface area contributed by atoms with Crippen LogP contribution in [0.5, 0.6) is 0 Å². The summed E-state index contributed by atoms with van der Waals surface area (Å²) in [5.74, 6) is 0.699. The average molecular weight is 465 g/mol. The minimum absolute atomic E-state index is 0.340. The Hall–Kier alpha value is -3.39. The van der Waals surface area contributed by atoms with Crippen LogP contribution in [0.15, 0.2) is 68.8 Å². The van der Waals surface area contributed by atoms with Gasteiger partial charge in [-0.15, -0.1) is 0 Å². The number of aryl methyl sites for hydroxylation is 2. The van der Waals surface area contributed by atoms with Crippen molar-refractivity contribution in [2.24, 2.45) is 14.1 Å². The van der Waals surface area contributed by atoms with E-state index in [0.29, 0.717) is 16.9 Å². The first-order valence-corrected chi connectivity index (χ1v) is 10.2. The van der Waals surface area contributed by atoms with E-state index in [-0.39, 0.29) is 11.2 Å². The molecule has 3 aromatic heterocycles. The summed E-state index contributed by atoms with van der Waals surface area (Å²) in [5.41, 5.74) is 4.25. The van der Waals surface area contributed by atoms with Crippen LogP contribution in [0.1, 0.15) is 5.56 Å². The first kappa shape index (κ1) is 18.6. The van der Waals surface area contributed by atoms with Crippen molar-refractivity contribution >= 4 is 32.9 Å². The maximum atomic E-state index is 13.0. The van der Waals surface area contributed by atoms with E-state index in [1.54, 1.807) is 7.05 Å². The molecule has 1 N–H and O–H groups in total. The van der Waals surface area contributed by atoms with Crippen LogP contribution in [0, 0.1) is 6.92 Å². The Morgan fingerprint density at radius 1 is 0.933 bits per heavy atom. The fourth-order valence-corrected chi connectivity index (χ4v) is 4.09. The Balaban J connectivity index is 1.95. The van der Waals surface area contributed by atoms with Gasteiger partial charge < -0.3 is 0 Å². The van der Waals surface area contributed by atoms with E-state index >= 15 is 0 Å². The van der Waals surface area contributed by atoms with E-state index in [9.17, 15) is 9.59 Å². The molecule has 0 saturated heterocycles. The maximum absolute atomic E-state index is 13.0. The molecule has 8 heteroatoms. The number of hydrogen-bond donors (Lipinski definition) is 1. The van der Waals surface area contributed by atoms with Crippen LogP contribution >= 0.6 is 15.9 Å². The Bertz CT molecular complexity index is 1550. The molecule has 0 aliphatic carbocycles. The van der Waals surface area contributed by atoms with Crippen molar-refractivity contribution in [3.05, 3.63) is 85.6 Å². The van der Waals surface area contributed by atoms with Gasteiger partial charge >= 0.3 is 11.5 Å². The molecule has 0 aliphatic rings. The first-order chi connectivity index (χ1) is 14.4. The lowest BCUT2D eigenvalue weighted by atomic mass is 10.1. The molecule has 0 fully saturated rings. The highest BCUT2D eigenvalue weighted by Crippen LogP contribution is 2.27. The van der Waals surface area contributed by atoms with Gasteiger partial charge in [-0.1, -0.05) is 45.8 Å². The van der Waals surface area contributed by atoms with Crippen LogP contribution in [0.25, 0.3) is 33.9 Å². The number of aromatic amines is 1. The van der Waals surface area contributed by atoms with Crippen molar-refractivity contribution < 1.29 is 4.40 Å². The standard InChI is InChI=1S/C22H18BrN5O2/c1-13-4-10-16(11-5-13)28-17(14-6-8-15(23)9-7-14)12-27-18-19(24-21(27)28)25(2)22(30)26(3)20(18)29/h4-12H,1-3H3/p+1. The number of imidazole rings is 2. The molecular formula is C22H19BrN5O2+. The smallest absolute Gasteiger partial charge is 0.267 e. The summed E-state index contributed by atoms with van der Waals surface area (Å²) in [7, 11) is 3.15. The number of fused-ring (bicyclic) bond motifs is 3. The van der Waals surface area contributed by atoms with Crippen LogP contribution in [-0.2, 0) is 14.1 Å². The molecule has 0 bridgehead atoms. The highest BCUT2D eigenvalue weighted by atomic mass is 79.9. The van der Waals surface area contributed by atoms with E-state index in [4.69, 9.17) is 0 Å². The lowest BCUT2D eigenvalue weighted by Gasteiger charge is -2.05. The van der Waals surface area contributed by atoms with Gasteiger partial charge in [0.05, 0.1) is 0 Å². The summed E-state index contributed by atoms with van der Waals surface area (Å²) in [6.45, 7) is 2.04. The molecule has 0 saturated carbocycles. The molecule has 0 aliphatic heterocycles. The van der Waals surface area contributed by atoms with Crippen LogP contribution in [-0.4, -0.2) is 18.7 Å². The Morgan fingerprint density at radius 2 is 1.60 bits per heavy atom. The third-order valence-corrected chi connectivity index (χ3v) is 6.00. The monoisotopic (exact) mass is 464 g/mol. The molecule has 3 heterocycles. The number of benzene rings is 2. The van der Waals surface area contributed by atoms with Crippen molar-refractivity contribution in [2.45, 2.75) is 6.92 Å². The second-order valence-corrected chi connectivity index (χ2v) is 8.33. The van der Waals surface area contributed by atoms with Gasteiger partial charge in [0, 0.05) is 24.1 Å². The predicted molar refractivity (Wildman–Crippen MR) is 119 cm³/mol. The second-order valence-electron chi connectivity index (χ2n) is 7.41. The molecule has 150 valence electrons. The van der Waals surface area contributed by atoms with E-state index in [1.165, 1.54) is 11.6 Å². The quantitative estimate of drug-likeness (QED) is 0.408. The fourth-order valence-electron chi connectivity index (χ4n) is 3.82. The Labute approximate surface area is 179 Å². The number of H-pyrrole nitrogens is 1. The minimum atomic E-state index is -0.368. The van der Waals surface area contributed by atoms with E-state index < -0.39 is 0 Å². The highest BCUT2D eigenvalue weighted by Gasteiger charge is 2.27. The Kier molecular flexibility index (Phi) is 4.08. The van der Waals surface area contributed by atoms with Crippen molar-refractivity contribution in [3.8, 4) is 16.9 Å². The third-order valence-electron chi connectivity index (χ3n) is 5.48. The van der Waals surface area contributed by atoms with Crippen molar-refractivity contribution in [3.63, 3.8) is 0 Å². The number of halogens is 1. The summed E-state index contributed by atoms with van der Waals surface area (Å²) in [6.07, 6.45) is 1.93. The molecule has 5 rings (SSSR count). The zero-order valence-corrected chi connectivity index (χ0v) is 18.3. The lowest BCUT2D eigenvalue weighted by Crippen LogP contribution is -2.39. The molecule has 0 radical (unpaired) electrons. The molecule has 0 atom stereocenters. The summed E-state index contributed by atoms with van der Waals surface area (Å²) in [4.78, 5) is 28.7. The van der Waals surface area contributed by atoms with Crippen molar-refractivity contribution in [1.82, 2.24) is 18.7 Å². The fraction of sp³-hybridized carbons (Fsp3) is 0.136. The van der Waals surface area contributed by atoms with E-state index in [2.05, 4.69) is 37.6 Å². The molecule has 0 amide bonds. The predicted octanol–water partition coefficient (Wildman–Crippen LogP) is 2.83. The zero-order chi connectivity index (χ0) is 21.2. The van der Waals surface area contributed by atoms with Gasteiger partial charge in [0.15, 0.2) is 0 Å². The van der Waals surface area contributed by atoms with Crippen molar-refractivity contribution in [1.29, 1.82) is 0 Å². The van der Waals surface area contributed by atoms with Gasteiger partial charge in [-0.25, -0.2) is 9.78 Å². The summed E-state index contributed by atoms with van der Waals surface area (Å²) in [6, 6.07) is 16.2. The molecule has 5 aromatic rings. The number of rotatable bonds is 2. The first-order valence-electron chi connectivity index (χ1n) is 9.44. The molecule has 30 heavy (non-hydrogen) atoms. The molecule has 0 spiro atoms. The second kappa shape index (κ2) is 6.56. The van der Waals surface area contributed by atoms with Gasteiger partial charge in [-0.2, -0.15) is 8.97 Å². The van der Waals surface area contributed by atoms with Gasteiger partial charge in [-0.3, -0.25) is 13.9 Å². The van der Waals surface area contributed by atoms with Gasteiger partial charge in [0.1, 0.15) is 17.6 Å². The SMILES string of the molecule is Cc1ccc(-n2c(-c3ccc(Br)cc3)c[n+]3c4c(=O)n(C)c(=O)n(C)c4[nH]c23)cc1. The summed E-state index contributed by atoms with van der Waals surface area (Å²) >= 11 is 3.49. The molecule has 7 nitrogen and oxygen atoms in total. The summed E-state index contributed by atoms with van der Waals surface area (Å²) in [5, 5.41) is 0. The number of aromatic nitrogens is 5. The van der Waals surface area contributed by atoms with E-state index in [0.717, 1.165) is 31.5 Å². The number of nitrogens with one attached hydrogen (secondary N) is 1. The van der Waals surface area contributed by atoms with Gasteiger partial charge in [-0.05, 0) is 31.2 Å².